The van der Waals surface area contributed by atoms with Gasteiger partial charge in [0.15, 0.2) is 0 Å². The van der Waals surface area contributed by atoms with Crippen LogP contribution in [0.4, 0.5) is 5.69 Å². The molecule has 108 valence electrons. The molecular formula is C17H18N2O2. The van der Waals surface area contributed by atoms with Gasteiger partial charge in [-0.2, -0.15) is 0 Å². The molecule has 0 fully saturated rings. The molecule has 0 saturated carbocycles. The molecule has 2 aromatic carbocycles. The number of benzene rings is 2. The van der Waals surface area contributed by atoms with E-state index in [-0.39, 0.29) is 11.9 Å². The van der Waals surface area contributed by atoms with Crippen molar-refractivity contribution in [2.24, 2.45) is 0 Å². The van der Waals surface area contributed by atoms with Crippen LogP contribution < -0.4 is 15.4 Å². The molecule has 1 unspecified atom stereocenters. The van der Waals surface area contributed by atoms with E-state index in [1.807, 2.05) is 42.5 Å². The zero-order valence-electron chi connectivity index (χ0n) is 11.9. The Morgan fingerprint density at radius 1 is 1.19 bits per heavy atom. The summed E-state index contributed by atoms with van der Waals surface area (Å²) >= 11 is 0. The van der Waals surface area contributed by atoms with Gasteiger partial charge in [-0.25, -0.2) is 0 Å². The van der Waals surface area contributed by atoms with Crippen LogP contribution in [0.25, 0.3) is 0 Å². The van der Waals surface area contributed by atoms with E-state index >= 15 is 0 Å². The summed E-state index contributed by atoms with van der Waals surface area (Å²) < 4.78 is 5.27. The molecule has 0 spiro atoms. The second kappa shape index (κ2) is 5.97. The normalized spacial score (nSPS) is 16.9. The first-order valence-corrected chi connectivity index (χ1v) is 7.04. The van der Waals surface area contributed by atoms with Crippen LogP contribution in [-0.2, 0) is 11.2 Å². The van der Waals surface area contributed by atoms with Gasteiger partial charge < -0.3 is 15.4 Å². The summed E-state index contributed by atoms with van der Waals surface area (Å²) in [5, 5.41) is 6.23. The minimum Gasteiger partial charge on any atom is -0.495 e. The molecule has 0 saturated heterocycles. The van der Waals surface area contributed by atoms with Crippen LogP contribution in [0.3, 0.4) is 0 Å². The molecule has 2 aromatic rings. The van der Waals surface area contributed by atoms with Crippen molar-refractivity contribution < 1.29 is 9.53 Å². The average Bonchev–Trinajstić information content (AvgIpc) is 2.54. The fraction of sp³-hybridized carbons (Fsp3) is 0.235. The molecule has 1 aliphatic heterocycles. The molecule has 0 radical (unpaired) electrons. The lowest BCUT2D eigenvalue weighted by Crippen LogP contribution is -2.38. The molecule has 4 heteroatoms. The van der Waals surface area contributed by atoms with Gasteiger partial charge in [0.2, 0.25) is 5.91 Å². The highest BCUT2D eigenvalue weighted by atomic mass is 16.5. The number of ether oxygens (including phenoxy) is 1. The number of para-hydroxylation sites is 2. The summed E-state index contributed by atoms with van der Waals surface area (Å²) in [5.74, 6) is 0.599. The van der Waals surface area contributed by atoms with Crippen molar-refractivity contribution in [1.82, 2.24) is 5.32 Å². The molecule has 0 aliphatic carbocycles. The monoisotopic (exact) mass is 282 g/mol. The quantitative estimate of drug-likeness (QED) is 0.909. The van der Waals surface area contributed by atoms with Crippen molar-refractivity contribution >= 4 is 11.6 Å². The molecule has 1 amide bonds. The predicted molar refractivity (Wildman–Crippen MR) is 82.5 cm³/mol. The third-order valence-corrected chi connectivity index (χ3v) is 3.74. The summed E-state index contributed by atoms with van der Waals surface area (Å²) in [4.78, 5) is 12.6. The number of hydrogen-bond acceptors (Lipinski definition) is 3. The highest BCUT2D eigenvalue weighted by Crippen LogP contribution is 2.27. The summed E-state index contributed by atoms with van der Waals surface area (Å²) in [6.45, 7) is 0.807. The molecule has 0 bridgehead atoms. The molecule has 1 heterocycles. The number of anilines is 1. The predicted octanol–water partition coefficient (Wildman–Crippen LogP) is 2.52. The third-order valence-electron chi connectivity index (χ3n) is 3.74. The van der Waals surface area contributed by atoms with E-state index < -0.39 is 0 Å². The second-order valence-corrected chi connectivity index (χ2v) is 5.03. The highest BCUT2D eigenvalue weighted by Gasteiger charge is 2.26. The Hall–Kier alpha value is -2.33. The number of methoxy groups -OCH3 is 1. The molecule has 1 aliphatic rings. The van der Waals surface area contributed by atoms with E-state index in [2.05, 4.69) is 16.7 Å². The maximum absolute atomic E-state index is 12.6. The fourth-order valence-electron chi connectivity index (χ4n) is 2.69. The lowest BCUT2D eigenvalue weighted by atomic mass is 9.94. The van der Waals surface area contributed by atoms with Gasteiger partial charge in [-0.15, -0.1) is 0 Å². The van der Waals surface area contributed by atoms with Crippen molar-refractivity contribution in [3.63, 3.8) is 0 Å². The smallest absolute Gasteiger partial charge is 0.246 e. The number of hydrogen-bond donors (Lipinski definition) is 2. The Bertz CT molecular complexity index is 655. The van der Waals surface area contributed by atoms with Crippen molar-refractivity contribution in [1.29, 1.82) is 0 Å². The zero-order chi connectivity index (χ0) is 14.7. The summed E-state index contributed by atoms with van der Waals surface area (Å²) in [6, 6.07) is 15.2. The number of rotatable bonds is 3. The zero-order valence-corrected chi connectivity index (χ0v) is 11.9. The minimum absolute atomic E-state index is 0.0633. The molecular weight excluding hydrogens is 264 g/mol. The molecule has 4 nitrogen and oxygen atoms in total. The van der Waals surface area contributed by atoms with Crippen LogP contribution in [0, 0.1) is 0 Å². The SMILES string of the molecule is COc1ccccc1NC(=O)C1NCCc2ccccc21. The van der Waals surface area contributed by atoms with Gasteiger partial charge in [0.05, 0.1) is 12.8 Å². The first-order chi connectivity index (χ1) is 10.3. The topological polar surface area (TPSA) is 50.4 Å². The Morgan fingerprint density at radius 2 is 1.95 bits per heavy atom. The van der Waals surface area contributed by atoms with E-state index in [4.69, 9.17) is 4.74 Å². The van der Waals surface area contributed by atoms with Gasteiger partial charge in [-0.05, 0) is 29.7 Å². The van der Waals surface area contributed by atoms with Gasteiger partial charge in [0.25, 0.3) is 0 Å². The van der Waals surface area contributed by atoms with E-state index in [9.17, 15) is 4.79 Å². The number of nitrogens with one attached hydrogen (secondary N) is 2. The van der Waals surface area contributed by atoms with E-state index in [0.29, 0.717) is 11.4 Å². The first kappa shape index (κ1) is 13.6. The van der Waals surface area contributed by atoms with E-state index in [0.717, 1.165) is 18.5 Å². The van der Waals surface area contributed by atoms with E-state index in [1.54, 1.807) is 7.11 Å². The standard InChI is InChI=1S/C17H18N2O2/c1-21-15-9-5-4-8-14(15)19-17(20)16-13-7-3-2-6-12(13)10-11-18-16/h2-9,16,18H,10-11H2,1H3,(H,19,20). The summed E-state index contributed by atoms with van der Waals surface area (Å²) in [7, 11) is 1.60. The van der Waals surface area contributed by atoms with Crippen molar-refractivity contribution in [2.45, 2.75) is 12.5 Å². The minimum atomic E-state index is -0.320. The maximum Gasteiger partial charge on any atom is 0.246 e. The van der Waals surface area contributed by atoms with Gasteiger partial charge in [0.1, 0.15) is 11.8 Å². The average molecular weight is 282 g/mol. The van der Waals surface area contributed by atoms with Gasteiger partial charge >= 0.3 is 0 Å². The second-order valence-electron chi connectivity index (χ2n) is 5.03. The van der Waals surface area contributed by atoms with Crippen molar-refractivity contribution in [2.75, 3.05) is 19.0 Å². The van der Waals surface area contributed by atoms with Crippen LogP contribution in [0.2, 0.25) is 0 Å². The van der Waals surface area contributed by atoms with Crippen LogP contribution in [0.5, 0.6) is 5.75 Å². The Kier molecular flexibility index (Phi) is 3.88. The molecule has 2 N–H and O–H groups in total. The Labute approximate surface area is 124 Å². The lowest BCUT2D eigenvalue weighted by Gasteiger charge is -2.26. The highest BCUT2D eigenvalue weighted by molar-refractivity contribution is 5.97. The maximum atomic E-state index is 12.6. The number of carbonyl (C=O) groups is 1. The van der Waals surface area contributed by atoms with Crippen LogP contribution in [0.1, 0.15) is 17.2 Å². The van der Waals surface area contributed by atoms with Gasteiger partial charge in [-0.3, -0.25) is 4.79 Å². The number of amides is 1. The first-order valence-electron chi connectivity index (χ1n) is 7.04. The largest absolute Gasteiger partial charge is 0.495 e. The summed E-state index contributed by atoms with van der Waals surface area (Å²) in [5.41, 5.74) is 2.97. The number of fused-ring (bicyclic) bond motifs is 1. The third kappa shape index (κ3) is 2.76. The summed E-state index contributed by atoms with van der Waals surface area (Å²) in [6.07, 6.45) is 0.953. The molecule has 0 aromatic heterocycles. The van der Waals surface area contributed by atoms with Crippen LogP contribution in [0.15, 0.2) is 48.5 Å². The van der Waals surface area contributed by atoms with Crippen molar-refractivity contribution in [3.8, 4) is 5.75 Å². The van der Waals surface area contributed by atoms with Gasteiger partial charge in [0, 0.05) is 6.54 Å². The van der Waals surface area contributed by atoms with Crippen molar-refractivity contribution in [3.05, 3.63) is 59.7 Å². The lowest BCUT2D eigenvalue weighted by molar-refractivity contribution is -0.118. The molecule has 3 rings (SSSR count). The fourth-order valence-corrected chi connectivity index (χ4v) is 2.69. The van der Waals surface area contributed by atoms with Gasteiger partial charge in [-0.1, -0.05) is 36.4 Å². The van der Waals surface area contributed by atoms with Crippen LogP contribution in [-0.4, -0.2) is 19.6 Å². The Balaban J connectivity index is 1.84. The number of carbonyl (C=O) groups excluding carboxylic acids is 1. The molecule has 1 atom stereocenters. The molecule has 21 heavy (non-hydrogen) atoms. The van der Waals surface area contributed by atoms with Crippen LogP contribution >= 0.6 is 0 Å². The van der Waals surface area contributed by atoms with E-state index in [1.165, 1.54) is 5.56 Å². The Morgan fingerprint density at radius 3 is 2.81 bits per heavy atom.